The molecule has 8 heteroatoms. The number of aliphatic carboxylic acids is 1. The normalized spacial score (nSPS) is 11.4. The van der Waals surface area contributed by atoms with E-state index in [9.17, 15) is 4.79 Å². The Hall–Kier alpha value is -1.34. The van der Waals surface area contributed by atoms with Gasteiger partial charge in [0.15, 0.2) is 5.13 Å². The van der Waals surface area contributed by atoms with Crippen molar-refractivity contribution in [2.45, 2.75) is 0 Å². The van der Waals surface area contributed by atoms with Gasteiger partial charge < -0.3 is 15.7 Å². The van der Waals surface area contributed by atoms with Gasteiger partial charge in [0.1, 0.15) is 12.3 Å². The van der Waals surface area contributed by atoms with Gasteiger partial charge in [0.2, 0.25) is 5.71 Å². The molecule has 0 aliphatic carbocycles. The lowest BCUT2D eigenvalue weighted by atomic mass is 10.3. The number of halogens is 1. The fraction of sp³-hybridized carbons (Fsp3) is 0.286. The molecule has 15 heavy (non-hydrogen) atoms. The van der Waals surface area contributed by atoms with Gasteiger partial charge in [-0.05, 0) is 0 Å². The number of anilines is 1. The lowest BCUT2D eigenvalue weighted by Crippen LogP contribution is -2.16. The first-order valence-electron chi connectivity index (χ1n) is 3.85. The van der Waals surface area contributed by atoms with Crippen LogP contribution in [0.2, 0.25) is 0 Å². The highest BCUT2D eigenvalue weighted by Crippen LogP contribution is 2.12. The van der Waals surface area contributed by atoms with Crippen LogP contribution in [0.15, 0.2) is 10.5 Å². The highest BCUT2D eigenvalue weighted by atomic mass is 35.5. The van der Waals surface area contributed by atoms with Gasteiger partial charge in [0.25, 0.3) is 0 Å². The molecule has 0 unspecified atom stereocenters. The lowest BCUT2D eigenvalue weighted by molar-refractivity contribution is -0.129. The number of nitrogens with two attached hydrogens (primary N) is 1. The van der Waals surface area contributed by atoms with Crippen LogP contribution < -0.4 is 5.73 Å². The van der Waals surface area contributed by atoms with Gasteiger partial charge in [-0.25, -0.2) is 9.78 Å². The number of aromatic nitrogens is 1. The first-order valence-corrected chi connectivity index (χ1v) is 5.27. The standard InChI is InChI=1S/C7H8ClN3O3S/c8-1-2-14-11-5(6(12)13)4-3-15-7(9)10-4/h3H,1-2H2,(H2,9,10)(H,12,13). The Kier molecular flexibility index (Phi) is 4.32. The van der Waals surface area contributed by atoms with E-state index in [1.54, 1.807) is 0 Å². The zero-order valence-corrected chi connectivity index (χ0v) is 9.09. The van der Waals surface area contributed by atoms with Crippen molar-refractivity contribution < 1.29 is 14.7 Å². The van der Waals surface area contributed by atoms with E-state index in [4.69, 9.17) is 22.4 Å². The van der Waals surface area contributed by atoms with Gasteiger partial charge in [-0.1, -0.05) is 5.16 Å². The molecule has 3 N–H and O–H groups in total. The maximum Gasteiger partial charge on any atom is 0.360 e. The van der Waals surface area contributed by atoms with Crippen LogP contribution in [0.25, 0.3) is 0 Å². The fourth-order valence-corrected chi connectivity index (χ4v) is 1.35. The van der Waals surface area contributed by atoms with Crippen LogP contribution in [-0.4, -0.2) is 34.3 Å². The van der Waals surface area contributed by atoms with E-state index in [0.29, 0.717) is 0 Å². The minimum Gasteiger partial charge on any atom is -0.476 e. The Labute approximate surface area is 94.3 Å². The van der Waals surface area contributed by atoms with E-state index in [0.717, 1.165) is 11.3 Å². The number of carbonyl (C=O) groups is 1. The molecule has 0 bridgehead atoms. The third-order valence-electron chi connectivity index (χ3n) is 1.29. The molecule has 1 heterocycles. The lowest BCUT2D eigenvalue weighted by Gasteiger charge is -1.97. The fourth-order valence-electron chi connectivity index (χ4n) is 0.736. The van der Waals surface area contributed by atoms with Gasteiger partial charge in [-0.2, -0.15) is 0 Å². The maximum absolute atomic E-state index is 10.8. The predicted octanol–water partition coefficient (Wildman–Crippen LogP) is 0.769. The molecule has 1 aromatic rings. The molecule has 0 atom stereocenters. The van der Waals surface area contributed by atoms with Crippen LogP contribution in [0.5, 0.6) is 0 Å². The number of oxime groups is 1. The summed E-state index contributed by atoms with van der Waals surface area (Å²) in [5.74, 6) is -0.995. The zero-order chi connectivity index (χ0) is 11.3. The highest BCUT2D eigenvalue weighted by Gasteiger charge is 2.16. The highest BCUT2D eigenvalue weighted by molar-refractivity contribution is 7.13. The quantitative estimate of drug-likeness (QED) is 0.348. The minimum absolute atomic E-state index is 0.137. The third-order valence-corrected chi connectivity index (χ3v) is 2.12. The monoisotopic (exact) mass is 249 g/mol. The van der Waals surface area contributed by atoms with Crippen molar-refractivity contribution in [3.63, 3.8) is 0 Å². The van der Waals surface area contributed by atoms with E-state index in [-0.39, 0.29) is 29.0 Å². The van der Waals surface area contributed by atoms with Crippen LogP contribution in [0.4, 0.5) is 5.13 Å². The number of nitrogen functional groups attached to an aromatic ring is 1. The summed E-state index contributed by atoms with van der Waals surface area (Å²) >= 11 is 6.47. The molecule has 1 aromatic heterocycles. The summed E-state index contributed by atoms with van der Waals surface area (Å²) in [5.41, 5.74) is 5.26. The molecule has 0 aromatic carbocycles. The Balaban J connectivity index is 2.83. The predicted molar refractivity (Wildman–Crippen MR) is 57.4 cm³/mol. The van der Waals surface area contributed by atoms with Crippen LogP contribution in [0.3, 0.4) is 0 Å². The minimum atomic E-state index is -1.23. The maximum atomic E-state index is 10.8. The Morgan fingerprint density at radius 3 is 3.00 bits per heavy atom. The molecule has 6 nitrogen and oxygen atoms in total. The summed E-state index contributed by atoms with van der Waals surface area (Å²) in [5, 5.41) is 14.0. The van der Waals surface area contributed by atoms with Crippen LogP contribution in [0, 0.1) is 0 Å². The molecule has 0 saturated heterocycles. The van der Waals surface area contributed by atoms with E-state index in [1.165, 1.54) is 5.38 Å². The number of hydrogen-bond donors (Lipinski definition) is 2. The summed E-state index contributed by atoms with van der Waals surface area (Å²) < 4.78 is 0. The van der Waals surface area contributed by atoms with Crippen molar-refractivity contribution >= 4 is 39.8 Å². The summed E-state index contributed by atoms with van der Waals surface area (Å²) in [6, 6.07) is 0. The van der Waals surface area contributed by atoms with E-state index < -0.39 is 5.97 Å². The van der Waals surface area contributed by atoms with Crippen molar-refractivity contribution in [2.24, 2.45) is 5.16 Å². The molecule has 0 spiro atoms. The first kappa shape index (κ1) is 11.7. The number of thiazole rings is 1. The Morgan fingerprint density at radius 2 is 2.53 bits per heavy atom. The molecule has 1 rings (SSSR count). The zero-order valence-electron chi connectivity index (χ0n) is 7.51. The molecule has 0 amide bonds. The average Bonchev–Trinajstić information content (AvgIpc) is 2.59. The number of carboxylic acids is 1. The number of hydrogen-bond acceptors (Lipinski definition) is 6. The van der Waals surface area contributed by atoms with E-state index >= 15 is 0 Å². The third kappa shape index (κ3) is 3.37. The number of carboxylic acid groups (broad SMARTS) is 1. The molecule has 82 valence electrons. The van der Waals surface area contributed by atoms with Crippen molar-refractivity contribution in [3.05, 3.63) is 11.1 Å². The summed E-state index contributed by atoms with van der Waals surface area (Å²) in [6.07, 6.45) is 0. The number of rotatable bonds is 5. The Bertz CT molecular complexity index is 379. The van der Waals surface area contributed by atoms with E-state index in [1.807, 2.05) is 0 Å². The second-order valence-corrected chi connectivity index (χ2v) is 3.61. The molecular formula is C7H8ClN3O3S. The summed E-state index contributed by atoms with van der Waals surface area (Å²) in [7, 11) is 0. The topological polar surface area (TPSA) is 97.8 Å². The average molecular weight is 250 g/mol. The molecule has 0 aliphatic rings. The van der Waals surface area contributed by atoms with E-state index in [2.05, 4.69) is 15.0 Å². The van der Waals surface area contributed by atoms with Crippen LogP contribution in [-0.2, 0) is 9.63 Å². The SMILES string of the molecule is Nc1nc(C(=NOCCCl)C(=O)O)cs1. The number of alkyl halides is 1. The van der Waals surface area contributed by atoms with Crippen molar-refractivity contribution in [3.8, 4) is 0 Å². The van der Waals surface area contributed by atoms with Crippen molar-refractivity contribution in [1.29, 1.82) is 0 Å². The molecular weight excluding hydrogens is 242 g/mol. The molecule has 0 aliphatic heterocycles. The van der Waals surface area contributed by atoms with Crippen LogP contribution in [0.1, 0.15) is 5.69 Å². The number of nitrogens with zero attached hydrogens (tertiary/aromatic N) is 2. The summed E-state index contributed by atoms with van der Waals surface area (Å²) in [6.45, 7) is 0.137. The molecule has 0 fully saturated rings. The second-order valence-electron chi connectivity index (χ2n) is 2.34. The molecule has 0 saturated carbocycles. The van der Waals surface area contributed by atoms with Crippen molar-refractivity contribution in [1.82, 2.24) is 4.98 Å². The molecule has 0 radical (unpaired) electrons. The van der Waals surface area contributed by atoms with Crippen molar-refractivity contribution in [2.75, 3.05) is 18.2 Å². The van der Waals surface area contributed by atoms with Gasteiger partial charge in [-0.3, -0.25) is 0 Å². The second kappa shape index (κ2) is 5.52. The van der Waals surface area contributed by atoms with Gasteiger partial charge >= 0.3 is 5.97 Å². The Morgan fingerprint density at radius 1 is 1.80 bits per heavy atom. The van der Waals surface area contributed by atoms with Crippen LogP contribution >= 0.6 is 22.9 Å². The largest absolute Gasteiger partial charge is 0.476 e. The summed E-state index contributed by atoms with van der Waals surface area (Å²) in [4.78, 5) is 19.2. The van der Waals surface area contributed by atoms with Gasteiger partial charge in [0.05, 0.1) is 5.88 Å². The smallest absolute Gasteiger partial charge is 0.360 e. The first-order chi connectivity index (χ1) is 7.15. The van der Waals surface area contributed by atoms with Gasteiger partial charge in [0, 0.05) is 5.38 Å². The van der Waals surface area contributed by atoms with Gasteiger partial charge in [-0.15, -0.1) is 22.9 Å².